The summed E-state index contributed by atoms with van der Waals surface area (Å²) in [6.07, 6.45) is 0.351. The number of hydrogen-bond donors (Lipinski definition) is 1. The average Bonchev–Trinajstić information content (AvgIpc) is 3.80. The second kappa shape index (κ2) is 11.7. The lowest BCUT2D eigenvalue weighted by atomic mass is 9.94. The van der Waals surface area contributed by atoms with Crippen LogP contribution in [0.25, 0.3) is 22.3 Å². The third-order valence-corrected chi connectivity index (χ3v) is 8.47. The molecule has 2 amide bonds. The van der Waals surface area contributed by atoms with Gasteiger partial charge in [0.05, 0.1) is 24.9 Å². The monoisotopic (exact) mass is 598 g/mol. The van der Waals surface area contributed by atoms with Crippen molar-refractivity contribution in [2.75, 3.05) is 19.2 Å². The van der Waals surface area contributed by atoms with Crippen molar-refractivity contribution in [1.82, 2.24) is 24.9 Å². The minimum absolute atomic E-state index is 0.0931. The number of anilines is 1. The number of nitrogens with zero attached hydrogens (tertiary/aromatic N) is 5. The van der Waals surface area contributed by atoms with Gasteiger partial charge in [-0.25, -0.2) is 9.67 Å². The molecule has 3 heterocycles. The van der Waals surface area contributed by atoms with E-state index in [1.165, 1.54) is 11.3 Å². The first-order chi connectivity index (χ1) is 20.9. The fourth-order valence-electron chi connectivity index (χ4n) is 4.91. The van der Waals surface area contributed by atoms with Gasteiger partial charge >= 0.3 is 0 Å². The van der Waals surface area contributed by atoms with Crippen LogP contribution in [0.15, 0.2) is 72.1 Å². The molecule has 0 bridgehead atoms. The molecular weight excluding hydrogens is 568 g/mol. The topological polar surface area (TPSA) is 121 Å². The summed E-state index contributed by atoms with van der Waals surface area (Å²) in [5, 5.41) is 14.0. The minimum Gasteiger partial charge on any atom is -0.497 e. The number of ether oxygens (including phenoxy) is 3. The van der Waals surface area contributed by atoms with Crippen molar-refractivity contribution in [2.45, 2.75) is 38.9 Å². The van der Waals surface area contributed by atoms with Crippen LogP contribution < -0.4 is 19.5 Å². The van der Waals surface area contributed by atoms with Gasteiger partial charge in [-0.1, -0.05) is 24.3 Å². The van der Waals surface area contributed by atoms with Crippen LogP contribution in [-0.4, -0.2) is 56.1 Å². The van der Waals surface area contributed by atoms with E-state index in [1.54, 1.807) is 41.8 Å². The molecule has 1 N–H and O–H groups in total. The standard InChI is InChI=1S/C31H30N6O5S/c1-4-31(2,30(39)32-21-11-14-26-27(15-21)42-19-41-26)36(29(38)17-37-25-8-6-5-7-23(25)34-35-37)16-28-33-24(18-43-28)20-9-12-22(40-3)13-10-20/h5-15,18H,4,16-17,19H2,1-3H3,(H,32,39). The lowest BCUT2D eigenvalue weighted by Crippen LogP contribution is -2.57. The lowest BCUT2D eigenvalue weighted by molar-refractivity contribution is -0.146. The van der Waals surface area contributed by atoms with Gasteiger partial charge in [-0.15, -0.1) is 16.4 Å². The molecule has 0 fully saturated rings. The molecule has 3 aromatic carbocycles. The second-order valence-corrected chi connectivity index (χ2v) is 11.2. The van der Waals surface area contributed by atoms with Gasteiger partial charge in [-0.3, -0.25) is 9.59 Å². The van der Waals surface area contributed by atoms with E-state index in [-0.39, 0.29) is 31.7 Å². The van der Waals surface area contributed by atoms with Crippen LogP contribution in [-0.2, 0) is 22.7 Å². The van der Waals surface area contributed by atoms with Crippen LogP contribution in [0.4, 0.5) is 5.69 Å². The fraction of sp³-hybridized carbons (Fsp3) is 0.258. The Morgan fingerprint density at radius 1 is 1.09 bits per heavy atom. The quantitative estimate of drug-likeness (QED) is 0.235. The highest BCUT2D eigenvalue weighted by Gasteiger charge is 2.41. The van der Waals surface area contributed by atoms with Crippen molar-refractivity contribution in [1.29, 1.82) is 0 Å². The molecule has 12 heteroatoms. The first-order valence-electron chi connectivity index (χ1n) is 13.8. The lowest BCUT2D eigenvalue weighted by Gasteiger charge is -2.39. The Balaban J connectivity index is 1.30. The molecule has 43 heavy (non-hydrogen) atoms. The van der Waals surface area contributed by atoms with Crippen LogP contribution in [0, 0.1) is 0 Å². The van der Waals surface area contributed by atoms with E-state index in [9.17, 15) is 9.59 Å². The fourth-order valence-corrected chi connectivity index (χ4v) is 5.70. The van der Waals surface area contributed by atoms with Crippen molar-refractivity contribution < 1.29 is 23.8 Å². The van der Waals surface area contributed by atoms with Crippen molar-refractivity contribution >= 4 is 39.9 Å². The normalized spacial score (nSPS) is 13.5. The van der Waals surface area contributed by atoms with Crippen molar-refractivity contribution in [3.8, 4) is 28.5 Å². The molecule has 5 aromatic rings. The van der Waals surface area contributed by atoms with Gasteiger partial charge in [0.1, 0.15) is 28.4 Å². The van der Waals surface area contributed by atoms with E-state index in [4.69, 9.17) is 19.2 Å². The number of rotatable bonds is 10. The molecule has 0 radical (unpaired) electrons. The Kier molecular flexibility index (Phi) is 7.68. The van der Waals surface area contributed by atoms with Gasteiger partial charge in [-0.05, 0) is 61.9 Å². The van der Waals surface area contributed by atoms with Gasteiger partial charge in [0, 0.05) is 22.7 Å². The van der Waals surface area contributed by atoms with E-state index in [2.05, 4.69) is 15.6 Å². The summed E-state index contributed by atoms with van der Waals surface area (Å²) in [5.74, 6) is 1.30. The molecule has 0 saturated carbocycles. The number of methoxy groups -OCH3 is 1. The summed E-state index contributed by atoms with van der Waals surface area (Å²) in [7, 11) is 1.62. The van der Waals surface area contributed by atoms with Gasteiger partial charge in [-0.2, -0.15) is 0 Å². The number of nitrogens with one attached hydrogen (secondary N) is 1. The van der Waals surface area contributed by atoms with Crippen LogP contribution in [0.5, 0.6) is 17.2 Å². The summed E-state index contributed by atoms with van der Waals surface area (Å²) in [6, 6.07) is 20.3. The highest BCUT2D eigenvalue weighted by atomic mass is 32.1. The number of fused-ring (bicyclic) bond motifs is 2. The molecule has 0 aliphatic carbocycles. The number of carbonyl (C=O) groups is 2. The smallest absolute Gasteiger partial charge is 0.250 e. The molecule has 2 aromatic heterocycles. The number of benzene rings is 3. The van der Waals surface area contributed by atoms with E-state index >= 15 is 0 Å². The first-order valence-corrected chi connectivity index (χ1v) is 14.6. The van der Waals surface area contributed by atoms with Crippen molar-refractivity contribution in [3.63, 3.8) is 0 Å². The maximum absolute atomic E-state index is 14.1. The maximum Gasteiger partial charge on any atom is 0.250 e. The predicted molar refractivity (Wildman–Crippen MR) is 162 cm³/mol. The Morgan fingerprint density at radius 2 is 1.88 bits per heavy atom. The molecule has 6 rings (SSSR count). The Hall–Kier alpha value is -4.97. The summed E-state index contributed by atoms with van der Waals surface area (Å²) in [4.78, 5) is 34.5. The molecule has 1 unspecified atom stereocenters. The number of hydrogen-bond acceptors (Lipinski definition) is 9. The summed E-state index contributed by atoms with van der Waals surface area (Å²) >= 11 is 1.43. The molecule has 220 valence electrons. The summed E-state index contributed by atoms with van der Waals surface area (Å²) in [6.45, 7) is 3.82. The molecule has 0 saturated heterocycles. The van der Waals surface area contributed by atoms with Crippen LogP contribution in [0.1, 0.15) is 25.3 Å². The number of carbonyl (C=O) groups excluding carboxylic acids is 2. The van der Waals surface area contributed by atoms with Gasteiger partial charge in [0.15, 0.2) is 11.5 Å². The first kappa shape index (κ1) is 28.2. The molecule has 1 aliphatic rings. The molecular formula is C31H30N6O5S. The van der Waals surface area contributed by atoms with Crippen LogP contribution in [0.3, 0.4) is 0 Å². The van der Waals surface area contributed by atoms with Gasteiger partial charge < -0.3 is 24.4 Å². The zero-order valence-electron chi connectivity index (χ0n) is 23.9. The minimum atomic E-state index is -1.23. The zero-order chi connectivity index (χ0) is 30.0. The van der Waals surface area contributed by atoms with E-state index in [0.717, 1.165) is 22.5 Å². The number of amides is 2. The predicted octanol–water partition coefficient (Wildman–Crippen LogP) is 5.13. The van der Waals surface area contributed by atoms with Gasteiger partial charge in [0.25, 0.3) is 0 Å². The highest BCUT2D eigenvalue weighted by molar-refractivity contribution is 7.09. The largest absolute Gasteiger partial charge is 0.497 e. The SMILES string of the molecule is CCC(C)(C(=O)Nc1ccc2c(c1)OCO2)N(Cc1nc(-c2ccc(OC)cc2)cs1)C(=O)Cn1nnc2ccccc21. The third kappa shape index (κ3) is 5.61. The molecule has 11 nitrogen and oxygen atoms in total. The van der Waals surface area contributed by atoms with E-state index < -0.39 is 5.54 Å². The summed E-state index contributed by atoms with van der Waals surface area (Å²) < 4.78 is 17.7. The van der Waals surface area contributed by atoms with E-state index in [1.807, 2.05) is 60.8 Å². The average molecular weight is 599 g/mol. The van der Waals surface area contributed by atoms with Gasteiger partial charge in [0.2, 0.25) is 18.6 Å². The van der Waals surface area contributed by atoms with Crippen molar-refractivity contribution in [2.24, 2.45) is 0 Å². The second-order valence-electron chi connectivity index (χ2n) is 10.2. The highest BCUT2D eigenvalue weighted by Crippen LogP contribution is 2.35. The zero-order valence-corrected chi connectivity index (χ0v) is 24.8. The van der Waals surface area contributed by atoms with Crippen LogP contribution >= 0.6 is 11.3 Å². The van der Waals surface area contributed by atoms with Crippen LogP contribution in [0.2, 0.25) is 0 Å². The number of thiazole rings is 1. The Labute approximate surface area is 252 Å². The Bertz CT molecular complexity index is 1790. The third-order valence-electron chi connectivity index (χ3n) is 7.64. The number of aromatic nitrogens is 4. The molecule has 1 atom stereocenters. The van der Waals surface area contributed by atoms with E-state index in [0.29, 0.717) is 34.1 Å². The molecule has 0 spiro atoms. The Morgan fingerprint density at radius 3 is 2.67 bits per heavy atom. The maximum atomic E-state index is 14.1. The van der Waals surface area contributed by atoms with Crippen molar-refractivity contribution in [3.05, 3.63) is 77.1 Å². The molecule has 1 aliphatic heterocycles. The summed E-state index contributed by atoms with van der Waals surface area (Å²) in [5.41, 5.74) is 2.43. The number of para-hydroxylation sites is 1.